The lowest BCUT2D eigenvalue weighted by Gasteiger charge is -2.29. The minimum Gasteiger partial charge on any atom is -0.451 e. The molecule has 0 atom stereocenters. The predicted octanol–water partition coefficient (Wildman–Crippen LogP) is 3.19. The zero-order valence-electron chi connectivity index (χ0n) is 12.4. The van der Waals surface area contributed by atoms with E-state index >= 15 is 0 Å². The zero-order valence-corrected chi connectivity index (χ0v) is 13.2. The molecule has 0 saturated carbocycles. The van der Waals surface area contributed by atoms with Gasteiger partial charge in [-0.15, -0.1) is 11.3 Å². The van der Waals surface area contributed by atoms with Crippen molar-refractivity contribution in [2.24, 2.45) is 0 Å². The number of carbonyl (C=O) groups is 2. The Labute approximate surface area is 133 Å². The molecule has 1 aliphatic rings. The Morgan fingerprint density at radius 2 is 2.09 bits per heavy atom. The molecule has 5 heteroatoms. The van der Waals surface area contributed by atoms with Crippen molar-refractivity contribution in [2.45, 2.75) is 19.8 Å². The highest BCUT2D eigenvalue weighted by Crippen LogP contribution is 2.26. The van der Waals surface area contributed by atoms with Crippen LogP contribution in [0.15, 0.2) is 35.7 Å². The second-order valence-electron chi connectivity index (χ2n) is 5.29. The molecule has 0 spiro atoms. The van der Waals surface area contributed by atoms with Gasteiger partial charge in [-0.2, -0.15) is 0 Å². The highest BCUT2D eigenvalue weighted by atomic mass is 32.1. The number of carbonyl (C=O) groups excluding carboxylic acids is 2. The van der Waals surface area contributed by atoms with Crippen LogP contribution in [0.4, 0.5) is 5.69 Å². The van der Waals surface area contributed by atoms with Gasteiger partial charge >= 0.3 is 5.97 Å². The normalized spacial score (nSPS) is 13.6. The Hall–Kier alpha value is -2.14. The molecular formula is C17H17NO3S. The van der Waals surface area contributed by atoms with Gasteiger partial charge in [-0.25, -0.2) is 4.79 Å². The first-order valence-electron chi connectivity index (χ1n) is 7.26. The molecule has 0 fully saturated rings. The summed E-state index contributed by atoms with van der Waals surface area (Å²) in [6, 6.07) is 9.75. The molecule has 22 heavy (non-hydrogen) atoms. The molecule has 4 nitrogen and oxygen atoms in total. The molecule has 3 rings (SSSR count). The summed E-state index contributed by atoms with van der Waals surface area (Å²) in [4.78, 5) is 26.6. The molecule has 0 radical (unpaired) electrons. The van der Waals surface area contributed by atoms with Gasteiger partial charge in [0.25, 0.3) is 5.91 Å². The van der Waals surface area contributed by atoms with Crippen LogP contribution in [0.1, 0.15) is 27.2 Å². The van der Waals surface area contributed by atoms with Crippen molar-refractivity contribution in [3.05, 3.63) is 51.7 Å². The highest BCUT2D eigenvalue weighted by Gasteiger charge is 2.23. The van der Waals surface area contributed by atoms with Gasteiger partial charge < -0.3 is 9.64 Å². The summed E-state index contributed by atoms with van der Waals surface area (Å²) in [6.07, 6.45) is 1.91. The smallest absolute Gasteiger partial charge is 0.349 e. The Balaban J connectivity index is 1.66. The molecule has 0 aliphatic carbocycles. The summed E-state index contributed by atoms with van der Waals surface area (Å²) in [6.45, 7) is 2.31. The molecule has 1 aromatic heterocycles. The number of para-hydroxylation sites is 1. The van der Waals surface area contributed by atoms with E-state index in [-0.39, 0.29) is 12.5 Å². The maximum absolute atomic E-state index is 12.4. The Morgan fingerprint density at radius 1 is 1.27 bits per heavy atom. The van der Waals surface area contributed by atoms with Crippen LogP contribution in [0.3, 0.4) is 0 Å². The van der Waals surface area contributed by atoms with E-state index in [4.69, 9.17) is 4.74 Å². The van der Waals surface area contributed by atoms with Gasteiger partial charge in [-0.3, -0.25) is 4.79 Å². The molecule has 114 valence electrons. The van der Waals surface area contributed by atoms with E-state index in [9.17, 15) is 9.59 Å². The highest BCUT2D eigenvalue weighted by molar-refractivity contribution is 7.12. The number of amides is 1. The van der Waals surface area contributed by atoms with Crippen molar-refractivity contribution >= 4 is 28.9 Å². The van der Waals surface area contributed by atoms with Gasteiger partial charge in [0.15, 0.2) is 6.61 Å². The minimum atomic E-state index is -0.425. The molecule has 0 bridgehead atoms. The first-order chi connectivity index (χ1) is 10.7. The van der Waals surface area contributed by atoms with Crippen molar-refractivity contribution in [1.29, 1.82) is 0 Å². The lowest BCUT2D eigenvalue weighted by atomic mass is 10.0. The Kier molecular flexibility index (Phi) is 4.24. The third kappa shape index (κ3) is 2.90. The van der Waals surface area contributed by atoms with Crippen molar-refractivity contribution in [3.8, 4) is 0 Å². The van der Waals surface area contributed by atoms with Crippen molar-refractivity contribution in [3.63, 3.8) is 0 Å². The van der Waals surface area contributed by atoms with E-state index in [2.05, 4.69) is 0 Å². The Bertz CT molecular complexity index is 707. The zero-order chi connectivity index (χ0) is 15.5. The summed E-state index contributed by atoms with van der Waals surface area (Å²) in [5.41, 5.74) is 2.98. The van der Waals surface area contributed by atoms with Gasteiger partial charge in [0.1, 0.15) is 4.88 Å². The summed E-state index contributed by atoms with van der Waals surface area (Å²) >= 11 is 1.33. The summed E-state index contributed by atoms with van der Waals surface area (Å²) < 4.78 is 5.18. The van der Waals surface area contributed by atoms with Crippen molar-refractivity contribution in [1.82, 2.24) is 0 Å². The third-order valence-corrected chi connectivity index (χ3v) is 4.78. The monoisotopic (exact) mass is 315 g/mol. The fourth-order valence-electron chi connectivity index (χ4n) is 2.65. The van der Waals surface area contributed by atoms with Crippen molar-refractivity contribution in [2.75, 3.05) is 18.1 Å². The summed E-state index contributed by atoms with van der Waals surface area (Å²) in [7, 11) is 0. The number of thiophene rings is 1. The third-order valence-electron chi connectivity index (χ3n) is 3.79. The average Bonchev–Trinajstić information content (AvgIpc) is 2.98. The van der Waals surface area contributed by atoms with E-state index in [1.165, 1.54) is 16.9 Å². The number of hydrogen-bond donors (Lipinski definition) is 0. The standard InChI is InChI=1S/C17H17NO3S/c1-12-8-10-22-16(12)17(20)21-11-15(19)18-9-4-6-13-5-2-3-7-14(13)18/h2-3,5,7-8,10H,4,6,9,11H2,1H3. The van der Waals surface area contributed by atoms with E-state index in [1.54, 1.807) is 4.90 Å². The van der Waals surface area contributed by atoms with E-state index in [0.29, 0.717) is 11.4 Å². The molecule has 1 aromatic carbocycles. The van der Waals surface area contributed by atoms with Gasteiger partial charge in [0, 0.05) is 12.2 Å². The number of ether oxygens (including phenoxy) is 1. The van der Waals surface area contributed by atoms with Crippen LogP contribution in [-0.4, -0.2) is 25.0 Å². The number of hydrogen-bond acceptors (Lipinski definition) is 4. The maximum Gasteiger partial charge on any atom is 0.349 e. The van der Waals surface area contributed by atoms with Crippen LogP contribution in [0.25, 0.3) is 0 Å². The number of aryl methyl sites for hydroxylation is 2. The van der Waals surface area contributed by atoms with E-state index in [0.717, 1.165) is 24.1 Å². The minimum absolute atomic E-state index is 0.172. The molecule has 0 saturated heterocycles. The molecule has 0 unspecified atom stereocenters. The number of nitrogens with zero attached hydrogens (tertiary/aromatic N) is 1. The van der Waals surface area contributed by atoms with Crippen LogP contribution in [-0.2, 0) is 16.0 Å². The van der Waals surface area contributed by atoms with Crippen molar-refractivity contribution < 1.29 is 14.3 Å². The van der Waals surface area contributed by atoms with Crippen LogP contribution >= 0.6 is 11.3 Å². The van der Waals surface area contributed by atoms with Gasteiger partial charge in [0.05, 0.1) is 0 Å². The lowest BCUT2D eigenvalue weighted by Crippen LogP contribution is -2.38. The predicted molar refractivity (Wildman–Crippen MR) is 86.5 cm³/mol. The van der Waals surface area contributed by atoms with Crippen LogP contribution in [0.2, 0.25) is 0 Å². The fraction of sp³-hybridized carbons (Fsp3) is 0.294. The van der Waals surface area contributed by atoms with E-state index in [1.807, 2.05) is 42.6 Å². The largest absolute Gasteiger partial charge is 0.451 e. The quantitative estimate of drug-likeness (QED) is 0.817. The number of fused-ring (bicyclic) bond motifs is 1. The van der Waals surface area contributed by atoms with E-state index < -0.39 is 5.97 Å². The van der Waals surface area contributed by atoms with Crippen LogP contribution in [0, 0.1) is 6.92 Å². The van der Waals surface area contributed by atoms with Crippen LogP contribution < -0.4 is 4.90 Å². The first-order valence-corrected chi connectivity index (χ1v) is 8.14. The molecule has 2 heterocycles. The van der Waals surface area contributed by atoms with Gasteiger partial charge in [0.2, 0.25) is 0 Å². The molecular weight excluding hydrogens is 298 g/mol. The molecule has 1 amide bonds. The fourth-order valence-corrected chi connectivity index (χ4v) is 3.46. The first kappa shape index (κ1) is 14.8. The SMILES string of the molecule is Cc1ccsc1C(=O)OCC(=O)N1CCCc2ccccc21. The summed E-state index contributed by atoms with van der Waals surface area (Å²) in [5.74, 6) is -0.596. The molecule has 2 aromatic rings. The molecule has 1 aliphatic heterocycles. The maximum atomic E-state index is 12.4. The lowest BCUT2D eigenvalue weighted by molar-refractivity contribution is -0.121. The average molecular weight is 315 g/mol. The van der Waals surface area contributed by atoms with Crippen LogP contribution in [0.5, 0.6) is 0 Å². The number of benzene rings is 1. The second kappa shape index (κ2) is 6.32. The number of rotatable bonds is 3. The number of esters is 1. The topological polar surface area (TPSA) is 46.6 Å². The summed E-state index contributed by atoms with van der Waals surface area (Å²) in [5, 5.41) is 1.84. The van der Waals surface area contributed by atoms with Gasteiger partial charge in [-0.05, 0) is 48.4 Å². The molecule has 0 N–H and O–H groups in total. The Morgan fingerprint density at radius 3 is 2.86 bits per heavy atom. The van der Waals surface area contributed by atoms with Gasteiger partial charge in [-0.1, -0.05) is 18.2 Å². The second-order valence-corrected chi connectivity index (χ2v) is 6.20. The number of anilines is 1.